The van der Waals surface area contributed by atoms with E-state index < -0.39 is 12.1 Å². The SMILES string of the molecule is Cc1ccc(C(=O)O[C@@H](C)c2nc3scc(-c4cccs4)c3c(=O)[nH]2)c(C)c1. The van der Waals surface area contributed by atoms with E-state index >= 15 is 0 Å². The van der Waals surface area contributed by atoms with Crippen LogP contribution in [0.4, 0.5) is 0 Å². The third-order valence-electron chi connectivity index (χ3n) is 4.52. The summed E-state index contributed by atoms with van der Waals surface area (Å²) in [5, 5.41) is 4.49. The molecule has 0 unspecified atom stereocenters. The van der Waals surface area contributed by atoms with E-state index in [1.807, 2.05) is 48.9 Å². The molecule has 0 amide bonds. The topological polar surface area (TPSA) is 72.0 Å². The van der Waals surface area contributed by atoms with Gasteiger partial charge in [0.15, 0.2) is 11.9 Å². The fraction of sp³-hybridized carbons (Fsp3) is 0.190. The van der Waals surface area contributed by atoms with Gasteiger partial charge >= 0.3 is 5.97 Å². The second-order valence-electron chi connectivity index (χ2n) is 6.62. The summed E-state index contributed by atoms with van der Waals surface area (Å²) in [7, 11) is 0. The number of H-pyrrole nitrogens is 1. The standard InChI is InChI=1S/C21H18N2O3S2/c1-11-6-7-14(12(2)9-11)21(25)26-13(3)18-22-19(24)17-15(10-28-20(17)23-18)16-5-4-8-27-16/h4-10,13H,1-3H3,(H,22,23,24)/t13-/m0/s1. The molecule has 0 aliphatic heterocycles. The summed E-state index contributed by atoms with van der Waals surface area (Å²) in [6.45, 7) is 5.55. The van der Waals surface area contributed by atoms with E-state index in [0.29, 0.717) is 21.6 Å². The molecule has 3 aromatic heterocycles. The third-order valence-corrected chi connectivity index (χ3v) is 6.29. The molecule has 7 heteroatoms. The van der Waals surface area contributed by atoms with Crippen molar-refractivity contribution >= 4 is 38.9 Å². The number of benzene rings is 1. The molecule has 0 saturated carbocycles. The summed E-state index contributed by atoms with van der Waals surface area (Å²) in [5.74, 6) is -0.0894. The van der Waals surface area contributed by atoms with Gasteiger partial charge in [-0.2, -0.15) is 0 Å². The Kier molecular flexibility index (Phi) is 4.87. The van der Waals surface area contributed by atoms with Gasteiger partial charge in [-0.05, 0) is 43.8 Å². The maximum atomic E-state index is 12.7. The minimum atomic E-state index is -0.669. The van der Waals surface area contributed by atoms with Gasteiger partial charge < -0.3 is 9.72 Å². The van der Waals surface area contributed by atoms with Crippen LogP contribution in [0.2, 0.25) is 0 Å². The molecule has 0 saturated heterocycles. The van der Waals surface area contributed by atoms with Crippen LogP contribution >= 0.6 is 22.7 Å². The van der Waals surface area contributed by atoms with E-state index in [9.17, 15) is 9.59 Å². The summed E-state index contributed by atoms with van der Waals surface area (Å²) >= 11 is 2.99. The number of nitrogens with zero attached hydrogens (tertiary/aromatic N) is 1. The predicted molar refractivity (Wildman–Crippen MR) is 113 cm³/mol. The van der Waals surface area contributed by atoms with Gasteiger partial charge in [0, 0.05) is 15.8 Å². The van der Waals surface area contributed by atoms with Gasteiger partial charge in [-0.1, -0.05) is 23.8 Å². The number of aromatic amines is 1. The second-order valence-corrected chi connectivity index (χ2v) is 8.43. The molecular weight excluding hydrogens is 392 g/mol. The van der Waals surface area contributed by atoms with Gasteiger partial charge in [-0.15, -0.1) is 22.7 Å². The first kappa shape index (κ1) is 18.6. The lowest BCUT2D eigenvalue weighted by Crippen LogP contribution is -2.17. The smallest absolute Gasteiger partial charge is 0.339 e. The zero-order valence-corrected chi connectivity index (χ0v) is 17.2. The normalized spacial score (nSPS) is 12.2. The number of carbonyl (C=O) groups excluding carboxylic acids is 1. The van der Waals surface area contributed by atoms with Crippen molar-refractivity contribution < 1.29 is 9.53 Å². The second kappa shape index (κ2) is 7.33. The molecule has 0 bridgehead atoms. The van der Waals surface area contributed by atoms with Crippen LogP contribution < -0.4 is 5.56 Å². The summed E-state index contributed by atoms with van der Waals surface area (Å²) < 4.78 is 5.56. The maximum Gasteiger partial charge on any atom is 0.339 e. The molecule has 0 aliphatic carbocycles. The van der Waals surface area contributed by atoms with E-state index in [1.165, 1.54) is 11.3 Å². The quantitative estimate of drug-likeness (QED) is 0.467. The average Bonchev–Trinajstić information content (AvgIpc) is 3.30. The number of esters is 1. The lowest BCUT2D eigenvalue weighted by atomic mass is 10.1. The van der Waals surface area contributed by atoms with Crippen LogP contribution in [0.25, 0.3) is 20.7 Å². The first-order valence-electron chi connectivity index (χ1n) is 8.77. The minimum absolute atomic E-state index is 0.223. The van der Waals surface area contributed by atoms with Crippen molar-refractivity contribution in [1.82, 2.24) is 9.97 Å². The molecule has 0 fully saturated rings. The van der Waals surface area contributed by atoms with E-state index in [2.05, 4.69) is 9.97 Å². The van der Waals surface area contributed by atoms with Crippen LogP contribution in [0.15, 0.2) is 45.9 Å². The Hall–Kier alpha value is -2.77. The Balaban J connectivity index is 1.64. The lowest BCUT2D eigenvalue weighted by molar-refractivity contribution is 0.0319. The maximum absolute atomic E-state index is 12.7. The van der Waals surface area contributed by atoms with E-state index in [-0.39, 0.29) is 5.56 Å². The van der Waals surface area contributed by atoms with Crippen molar-refractivity contribution in [2.75, 3.05) is 0 Å². The number of rotatable bonds is 4. The Labute approximate surface area is 169 Å². The van der Waals surface area contributed by atoms with Crippen LogP contribution in [-0.2, 0) is 4.74 Å². The number of aryl methyl sites for hydroxylation is 2. The number of carbonyl (C=O) groups is 1. The summed E-state index contributed by atoms with van der Waals surface area (Å²) in [4.78, 5) is 34.2. The molecule has 4 rings (SSSR count). The molecule has 0 aliphatic rings. The highest BCUT2D eigenvalue weighted by Gasteiger charge is 2.20. The van der Waals surface area contributed by atoms with Gasteiger partial charge in [0.25, 0.3) is 5.56 Å². The molecule has 0 radical (unpaired) electrons. The number of fused-ring (bicyclic) bond motifs is 1. The fourth-order valence-corrected chi connectivity index (χ4v) is 4.86. The Morgan fingerprint density at radius 1 is 1.21 bits per heavy atom. The third kappa shape index (κ3) is 3.39. The van der Waals surface area contributed by atoms with Crippen molar-refractivity contribution in [1.29, 1.82) is 0 Å². The van der Waals surface area contributed by atoms with E-state index in [1.54, 1.807) is 24.3 Å². The largest absolute Gasteiger partial charge is 0.451 e. The number of ether oxygens (including phenoxy) is 1. The lowest BCUT2D eigenvalue weighted by Gasteiger charge is -2.14. The molecule has 1 atom stereocenters. The molecule has 28 heavy (non-hydrogen) atoms. The van der Waals surface area contributed by atoms with Crippen molar-refractivity contribution in [3.63, 3.8) is 0 Å². The molecule has 1 N–H and O–H groups in total. The van der Waals surface area contributed by atoms with Gasteiger partial charge in [-0.3, -0.25) is 4.79 Å². The fourth-order valence-electron chi connectivity index (χ4n) is 3.09. The molecule has 142 valence electrons. The molecule has 3 heterocycles. The Morgan fingerprint density at radius 3 is 2.75 bits per heavy atom. The van der Waals surface area contributed by atoms with Crippen LogP contribution in [0.1, 0.15) is 40.3 Å². The van der Waals surface area contributed by atoms with E-state index in [4.69, 9.17) is 4.74 Å². The van der Waals surface area contributed by atoms with Crippen molar-refractivity contribution in [2.24, 2.45) is 0 Å². The van der Waals surface area contributed by atoms with Crippen molar-refractivity contribution in [3.8, 4) is 10.4 Å². The highest BCUT2D eigenvalue weighted by atomic mass is 32.1. The highest BCUT2D eigenvalue weighted by Crippen LogP contribution is 2.34. The van der Waals surface area contributed by atoms with Crippen LogP contribution in [-0.4, -0.2) is 15.9 Å². The van der Waals surface area contributed by atoms with Gasteiger partial charge in [0.05, 0.1) is 10.9 Å². The van der Waals surface area contributed by atoms with Crippen LogP contribution in [0, 0.1) is 13.8 Å². The number of nitrogens with one attached hydrogen (secondary N) is 1. The zero-order valence-electron chi connectivity index (χ0n) is 15.6. The van der Waals surface area contributed by atoms with Gasteiger partial charge in [0.2, 0.25) is 0 Å². The Morgan fingerprint density at radius 2 is 2.04 bits per heavy atom. The van der Waals surface area contributed by atoms with Gasteiger partial charge in [0.1, 0.15) is 4.83 Å². The average molecular weight is 411 g/mol. The van der Waals surface area contributed by atoms with Crippen LogP contribution in [0.5, 0.6) is 0 Å². The number of hydrogen-bond donors (Lipinski definition) is 1. The highest BCUT2D eigenvalue weighted by molar-refractivity contribution is 7.18. The monoisotopic (exact) mass is 410 g/mol. The predicted octanol–water partition coefficient (Wildman–Crippen LogP) is 5.25. The van der Waals surface area contributed by atoms with Crippen molar-refractivity contribution in [3.05, 3.63) is 74.0 Å². The summed E-state index contributed by atoms with van der Waals surface area (Å²) in [6, 6.07) is 9.50. The Bertz CT molecular complexity index is 1220. The van der Waals surface area contributed by atoms with Gasteiger partial charge in [-0.25, -0.2) is 9.78 Å². The molecule has 4 aromatic rings. The summed E-state index contributed by atoms with van der Waals surface area (Å²) in [6.07, 6.45) is -0.669. The van der Waals surface area contributed by atoms with E-state index in [0.717, 1.165) is 21.6 Å². The van der Waals surface area contributed by atoms with Crippen LogP contribution in [0.3, 0.4) is 0 Å². The number of thiophene rings is 2. The minimum Gasteiger partial charge on any atom is -0.451 e. The molecule has 5 nitrogen and oxygen atoms in total. The summed E-state index contributed by atoms with van der Waals surface area (Å²) in [5.41, 5.74) is 3.11. The van der Waals surface area contributed by atoms with Crippen molar-refractivity contribution in [2.45, 2.75) is 26.9 Å². The first-order valence-corrected chi connectivity index (χ1v) is 10.5. The number of aromatic nitrogens is 2. The molecule has 0 spiro atoms. The molecule has 1 aromatic carbocycles. The number of hydrogen-bond acceptors (Lipinski definition) is 6. The molecular formula is C21H18N2O3S2. The zero-order chi connectivity index (χ0) is 19.8. The first-order chi connectivity index (χ1) is 13.4.